The summed E-state index contributed by atoms with van der Waals surface area (Å²) in [7, 11) is 0. The summed E-state index contributed by atoms with van der Waals surface area (Å²) < 4.78 is 5.93. The minimum absolute atomic E-state index is 0.142. The Hall–Kier alpha value is -1.91. The van der Waals surface area contributed by atoms with Crippen molar-refractivity contribution in [2.45, 2.75) is 25.9 Å². The van der Waals surface area contributed by atoms with Crippen molar-refractivity contribution in [2.24, 2.45) is 5.73 Å². The molecule has 5 nitrogen and oxygen atoms in total. The standard InChI is InChI=1S/C13H19N3O2/c1-9-8-10(14)2-3-12(9)18-11-4-6-16(7-5-11)13(15)17/h2-3,8,11H,4-7,14H2,1H3,(H2,15,17). The average Bonchev–Trinajstić information content (AvgIpc) is 2.33. The van der Waals surface area contributed by atoms with Crippen molar-refractivity contribution in [1.82, 2.24) is 4.90 Å². The second-order valence-electron chi connectivity index (χ2n) is 4.67. The number of anilines is 1. The van der Waals surface area contributed by atoms with Crippen LogP contribution in [0.1, 0.15) is 18.4 Å². The summed E-state index contributed by atoms with van der Waals surface area (Å²) in [5.74, 6) is 0.863. The van der Waals surface area contributed by atoms with Crippen LogP contribution in [0.2, 0.25) is 0 Å². The highest BCUT2D eigenvalue weighted by Gasteiger charge is 2.22. The molecule has 98 valence electrons. The van der Waals surface area contributed by atoms with E-state index in [0.717, 1.165) is 29.8 Å². The van der Waals surface area contributed by atoms with Gasteiger partial charge in [-0.15, -0.1) is 0 Å². The number of piperidine rings is 1. The molecule has 18 heavy (non-hydrogen) atoms. The summed E-state index contributed by atoms with van der Waals surface area (Å²) in [6.45, 7) is 3.30. The molecule has 0 bridgehead atoms. The van der Waals surface area contributed by atoms with Crippen molar-refractivity contribution < 1.29 is 9.53 Å². The van der Waals surface area contributed by atoms with Crippen LogP contribution in [0.25, 0.3) is 0 Å². The second-order valence-corrected chi connectivity index (χ2v) is 4.67. The zero-order chi connectivity index (χ0) is 13.1. The average molecular weight is 249 g/mol. The largest absolute Gasteiger partial charge is 0.490 e. The molecule has 5 heteroatoms. The Morgan fingerprint density at radius 1 is 1.39 bits per heavy atom. The molecule has 0 aromatic heterocycles. The number of aryl methyl sites for hydroxylation is 1. The molecule has 1 fully saturated rings. The van der Waals surface area contributed by atoms with E-state index < -0.39 is 0 Å². The van der Waals surface area contributed by atoms with Crippen LogP contribution >= 0.6 is 0 Å². The lowest BCUT2D eigenvalue weighted by Gasteiger charge is -2.31. The third-order valence-corrected chi connectivity index (χ3v) is 3.25. The lowest BCUT2D eigenvalue weighted by molar-refractivity contribution is 0.113. The molecular formula is C13H19N3O2. The number of benzene rings is 1. The van der Waals surface area contributed by atoms with E-state index in [4.69, 9.17) is 16.2 Å². The Balaban J connectivity index is 1.93. The molecule has 4 N–H and O–H groups in total. The molecule has 1 aliphatic rings. The number of rotatable bonds is 2. The van der Waals surface area contributed by atoms with E-state index in [1.165, 1.54) is 0 Å². The van der Waals surface area contributed by atoms with Gasteiger partial charge < -0.3 is 21.1 Å². The summed E-state index contributed by atoms with van der Waals surface area (Å²) in [5, 5.41) is 0. The molecule has 0 atom stereocenters. The monoisotopic (exact) mass is 249 g/mol. The van der Waals surface area contributed by atoms with E-state index in [-0.39, 0.29) is 12.1 Å². The lowest BCUT2D eigenvalue weighted by atomic mass is 10.1. The molecule has 0 radical (unpaired) electrons. The van der Waals surface area contributed by atoms with Crippen molar-refractivity contribution in [2.75, 3.05) is 18.8 Å². The second kappa shape index (κ2) is 5.16. The Morgan fingerprint density at radius 2 is 2.06 bits per heavy atom. The quantitative estimate of drug-likeness (QED) is 0.779. The highest BCUT2D eigenvalue weighted by atomic mass is 16.5. The summed E-state index contributed by atoms with van der Waals surface area (Å²) in [5.41, 5.74) is 12.7. The molecule has 0 saturated carbocycles. The number of carbonyl (C=O) groups is 1. The van der Waals surface area contributed by atoms with Crippen LogP contribution in [-0.2, 0) is 0 Å². The molecule has 1 aromatic carbocycles. The zero-order valence-electron chi connectivity index (χ0n) is 10.6. The summed E-state index contributed by atoms with van der Waals surface area (Å²) >= 11 is 0. The van der Waals surface area contributed by atoms with Crippen LogP contribution < -0.4 is 16.2 Å². The van der Waals surface area contributed by atoms with Crippen molar-refractivity contribution in [1.29, 1.82) is 0 Å². The van der Waals surface area contributed by atoms with Crippen molar-refractivity contribution in [3.8, 4) is 5.75 Å². The van der Waals surface area contributed by atoms with E-state index in [0.29, 0.717) is 13.1 Å². The Bertz CT molecular complexity index is 440. The molecule has 1 saturated heterocycles. The van der Waals surface area contributed by atoms with Gasteiger partial charge in [0, 0.05) is 31.6 Å². The third-order valence-electron chi connectivity index (χ3n) is 3.25. The van der Waals surface area contributed by atoms with E-state index in [1.54, 1.807) is 4.90 Å². The number of nitrogen functional groups attached to an aromatic ring is 1. The number of amides is 2. The van der Waals surface area contributed by atoms with Gasteiger partial charge in [0.25, 0.3) is 0 Å². The molecule has 2 amide bonds. The smallest absolute Gasteiger partial charge is 0.314 e. The number of likely N-dealkylation sites (tertiary alicyclic amines) is 1. The van der Waals surface area contributed by atoms with Crippen molar-refractivity contribution in [3.05, 3.63) is 23.8 Å². The Labute approximate surface area is 107 Å². The number of nitrogens with zero attached hydrogens (tertiary/aromatic N) is 1. The lowest BCUT2D eigenvalue weighted by Crippen LogP contribution is -2.44. The zero-order valence-corrected chi connectivity index (χ0v) is 10.6. The molecule has 0 aliphatic carbocycles. The number of nitrogens with two attached hydrogens (primary N) is 2. The number of primary amides is 1. The van der Waals surface area contributed by atoms with Crippen LogP contribution in [0.5, 0.6) is 5.75 Å². The van der Waals surface area contributed by atoms with Gasteiger partial charge in [0.2, 0.25) is 0 Å². The molecule has 1 aliphatic heterocycles. The summed E-state index contributed by atoms with van der Waals surface area (Å²) in [6.07, 6.45) is 1.77. The van der Waals surface area contributed by atoms with Gasteiger partial charge in [0.15, 0.2) is 0 Å². The normalized spacial score (nSPS) is 16.6. The number of ether oxygens (including phenoxy) is 1. The van der Waals surface area contributed by atoms with E-state index >= 15 is 0 Å². The van der Waals surface area contributed by atoms with Gasteiger partial charge in [0.05, 0.1) is 0 Å². The molecule has 0 spiro atoms. The van der Waals surface area contributed by atoms with Gasteiger partial charge in [-0.05, 0) is 30.7 Å². The van der Waals surface area contributed by atoms with Crippen molar-refractivity contribution in [3.63, 3.8) is 0 Å². The molecule has 0 unspecified atom stereocenters. The molecular weight excluding hydrogens is 230 g/mol. The highest BCUT2D eigenvalue weighted by molar-refractivity contribution is 5.72. The van der Waals surface area contributed by atoms with Crippen LogP contribution in [0.4, 0.5) is 10.5 Å². The number of hydrogen-bond acceptors (Lipinski definition) is 3. The number of carbonyl (C=O) groups excluding carboxylic acids is 1. The maximum absolute atomic E-state index is 11.0. The summed E-state index contributed by atoms with van der Waals surface area (Å²) in [4.78, 5) is 12.7. The maximum atomic E-state index is 11.0. The minimum atomic E-state index is -0.350. The Kier molecular flexibility index (Phi) is 3.60. The first-order valence-corrected chi connectivity index (χ1v) is 6.13. The summed E-state index contributed by atoms with van der Waals surface area (Å²) in [6, 6.07) is 5.27. The fraction of sp³-hybridized carbons (Fsp3) is 0.462. The van der Waals surface area contributed by atoms with Crippen LogP contribution in [0, 0.1) is 6.92 Å². The first kappa shape index (κ1) is 12.5. The first-order chi connectivity index (χ1) is 8.56. The maximum Gasteiger partial charge on any atom is 0.314 e. The van der Waals surface area contributed by atoms with Gasteiger partial charge in [-0.2, -0.15) is 0 Å². The van der Waals surface area contributed by atoms with Gasteiger partial charge in [-0.1, -0.05) is 0 Å². The number of urea groups is 1. The van der Waals surface area contributed by atoms with E-state index in [9.17, 15) is 4.79 Å². The van der Waals surface area contributed by atoms with Gasteiger partial charge >= 0.3 is 6.03 Å². The minimum Gasteiger partial charge on any atom is -0.490 e. The SMILES string of the molecule is Cc1cc(N)ccc1OC1CCN(C(N)=O)CC1. The molecule has 1 heterocycles. The third kappa shape index (κ3) is 2.85. The molecule has 1 aromatic rings. The van der Waals surface area contributed by atoms with Gasteiger partial charge in [-0.3, -0.25) is 0 Å². The first-order valence-electron chi connectivity index (χ1n) is 6.13. The van der Waals surface area contributed by atoms with Crippen LogP contribution in [0.3, 0.4) is 0 Å². The van der Waals surface area contributed by atoms with E-state index in [1.807, 2.05) is 25.1 Å². The topological polar surface area (TPSA) is 81.6 Å². The van der Waals surface area contributed by atoms with Gasteiger partial charge in [-0.25, -0.2) is 4.79 Å². The van der Waals surface area contributed by atoms with Crippen LogP contribution in [0.15, 0.2) is 18.2 Å². The highest BCUT2D eigenvalue weighted by Crippen LogP contribution is 2.24. The van der Waals surface area contributed by atoms with Gasteiger partial charge in [0.1, 0.15) is 11.9 Å². The van der Waals surface area contributed by atoms with Crippen LogP contribution in [-0.4, -0.2) is 30.1 Å². The predicted octanol–water partition coefficient (Wildman–Crippen LogP) is 1.50. The predicted molar refractivity (Wildman–Crippen MR) is 70.4 cm³/mol. The Morgan fingerprint density at radius 3 is 2.61 bits per heavy atom. The fourth-order valence-corrected chi connectivity index (χ4v) is 2.18. The number of hydrogen-bond donors (Lipinski definition) is 2. The van der Waals surface area contributed by atoms with E-state index in [2.05, 4.69) is 0 Å². The fourth-order valence-electron chi connectivity index (χ4n) is 2.18. The molecule has 2 rings (SSSR count). The van der Waals surface area contributed by atoms with Crippen molar-refractivity contribution >= 4 is 11.7 Å².